The van der Waals surface area contributed by atoms with E-state index in [0.29, 0.717) is 0 Å². The van der Waals surface area contributed by atoms with E-state index in [-0.39, 0.29) is 6.10 Å². The lowest BCUT2D eigenvalue weighted by molar-refractivity contribution is 0.261. The fourth-order valence-corrected chi connectivity index (χ4v) is 0.187. The Kier molecular flexibility index (Phi) is 2.60. The molecule has 0 fully saturated rings. The predicted octanol–water partition coefficient (Wildman–Crippen LogP) is 0.458. The molecule has 1 N–H and O–H groups in total. The molecule has 0 saturated heterocycles. The molecule has 0 unspecified atom stereocenters. The summed E-state index contributed by atoms with van der Waals surface area (Å²) in [6, 6.07) is 0. The smallest absolute Gasteiger partial charge is 0.0885 e. The molecule has 0 aromatic carbocycles. The van der Waals surface area contributed by atoms with Gasteiger partial charge in [0.05, 0.1) is 6.10 Å². The Balaban J connectivity index is 3.56. The maximum atomic E-state index is 8.69. The van der Waals surface area contributed by atoms with Gasteiger partial charge in [-0.15, -0.1) is 0 Å². The van der Waals surface area contributed by atoms with Crippen molar-refractivity contribution in [2.24, 2.45) is 4.99 Å². The summed E-state index contributed by atoms with van der Waals surface area (Å²) in [5.41, 5.74) is 0.778. The third kappa shape index (κ3) is 2.34. The van der Waals surface area contributed by atoms with Crippen LogP contribution in [0.15, 0.2) is 4.99 Å². The Bertz CT molecular complexity index is 76.1. The summed E-state index contributed by atoms with van der Waals surface area (Å²) < 4.78 is 0. The Hall–Kier alpha value is -0.370. The van der Waals surface area contributed by atoms with Crippen molar-refractivity contribution in [1.82, 2.24) is 0 Å². The fraction of sp³-hybridized carbons (Fsp3) is 0.800. The first-order chi connectivity index (χ1) is 3.18. The van der Waals surface area contributed by atoms with Gasteiger partial charge < -0.3 is 5.11 Å². The van der Waals surface area contributed by atoms with E-state index in [4.69, 9.17) is 5.11 Å². The average Bonchev–Trinajstić information content (AvgIpc) is 1.65. The number of aliphatic imine (C=N–C) groups is 1. The minimum absolute atomic E-state index is 0.384. The standard InChI is InChI=1S/C5H11NO/c1-4(6-3)5(2)7/h5,7H,1-3H3/t5-/m0/s1. The van der Waals surface area contributed by atoms with Crippen LogP contribution in [0, 0.1) is 0 Å². The van der Waals surface area contributed by atoms with Crippen molar-refractivity contribution in [3.63, 3.8) is 0 Å². The van der Waals surface area contributed by atoms with Gasteiger partial charge in [-0.2, -0.15) is 0 Å². The molecule has 0 saturated carbocycles. The van der Waals surface area contributed by atoms with Gasteiger partial charge in [0.2, 0.25) is 0 Å². The quantitative estimate of drug-likeness (QED) is 0.478. The van der Waals surface area contributed by atoms with Gasteiger partial charge in [-0.1, -0.05) is 0 Å². The highest BCUT2D eigenvalue weighted by Crippen LogP contribution is 1.82. The van der Waals surface area contributed by atoms with E-state index in [9.17, 15) is 0 Å². The average molecular weight is 101 g/mol. The summed E-state index contributed by atoms with van der Waals surface area (Å²) in [6.45, 7) is 3.49. The van der Waals surface area contributed by atoms with Crippen LogP contribution in [0.3, 0.4) is 0 Å². The molecule has 0 heterocycles. The summed E-state index contributed by atoms with van der Waals surface area (Å²) in [5, 5.41) is 8.69. The van der Waals surface area contributed by atoms with Crippen molar-refractivity contribution in [2.45, 2.75) is 20.0 Å². The third-order valence-electron chi connectivity index (χ3n) is 0.957. The van der Waals surface area contributed by atoms with Crippen molar-refractivity contribution in [3.8, 4) is 0 Å². The van der Waals surface area contributed by atoms with Gasteiger partial charge in [-0.3, -0.25) is 4.99 Å². The van der Waals surface area contributed by atoms with Crippen LogP contribution in [-0.2, 0) is 0 Å². The second-order valence-electron chi connectivity index (χ2n) is 1.54. The molecule has 42 valence electrons. The number of hydrogen-bond acceptors (Lipinski definition) is 2. The van der Waals surface area contributed by atoms with Crippen LogP contribution in [0.25, 0.3) is 0 Å². The fourth-order valence-electron chi connectivity index (χ4n) is 0.187. The van der Waals surface area contributed by atoms with E-state index in [1.54, 1.807) is 20.9 Å². The van der Waals surface area contributed by atoms with E-state index in [2.05, 4.69) is 4.99 Å². The molecule has 0 aromatic rings. The van der Waals surface area contributed by atoms with Crippen LogP contribution in [0.1, 0.15) is 13.8 Å². The van der Waals surface area contributed by atoms with Crippen molar-refractivity contribution in [2.75, 3.05) is 7.05 Å². The number of nitrogens with zero attached hydrogens (tertiary/aromatic N) is 1. The van der Waals surface area contributed by atoms with E-state index < -0.39 is 0 Å². The zero-order chi connectivity index (χ0) is 5.86. The van der Waals surface area contributed by atoms with Gasteiger partial charge in [0.1, 0.15) is 0 Å². The zero-order valence-electron chi connectivity index (χ0n) is 4.97. The van der Waals surface area contributed by atoms with E-state index in [1.165, 1.54) is 0 Å². The summed E-state index contributed by atoms with van der Waals surface area (Å²) in [5.74, 6) is 0. The SMILES string of the molecule is CN=C(C)[C@H](C)O. The third-order valence-corrected chi connectivity index (χ3v) is 0.957. The Morgan fingerprint density at radius 3 is 2.14 bits per heavy atom. The van der Waals surface area contributed by atoms with E-state index >= 15 is 0 Å². The summed E-state index contributed by atoms with van der Waals surface area (Å²) >= 11 is 0. The van der Waals surface area contributed by atoms with Crippen LogP contribution in [0.2, 0.25) is 0 Å². The first kappa shape index (κ1) is 6.63. The molecule has 0 aromatic heterocycles. The highest BCUT2D eigenvalue weighted by molar-refractivity contribution is 5.85. The highest BCUT2D eigenvalue weighted by atomic mass is 16.3. The number of aliphatic hydroxyl groups excluding tert-OH is 1. The van der Waals surface area contributed by atoms with Gasteiger partial charge in [0.15, 0.2) is 0 Å². The molecule has 0 aliphatic carbocycles. The van der Waals surface area contributed by atoms with E-state index in [1.807, 2.05) is 0 Å². The summed E-state index contributed by atoms with van der Waals surface area (Å²) in [4.78, 5) is 3.75. The van der Waals surface area contributed by atoms with Gasteiger partial charge in [-0.25, -0.2) is 0 Å². The van der Waals surface area contributed by atoms with E-state index in [0.717, 1.165) is 5.71 Å². The van der Waals surface area contributed by atoms with Gasteiger partial charge in [0.25, 0.3) is 0 Å². The second kappa shape index (κ2) is 2.75. The minimum atomic E-state index is -0.384. The highest BCUT2D eigenvalue weighted by Gasteiger charge is 1.94. The van der Waals surface area contributed by atoms with Crippen LogP contribution in [-0.4, -0.2) is 24.0 Å². The summed E-state index contributed by atoms with van der Waals surface area (Å²) in [6.07, 6.45) is -0.384. The lowest BCUT2D eigenvalue weighted by Crippen LogP contribution is -2.11. The van der Waals surface area contributed by atoms with Crippen LogP contribution < -0.4 is 0 Å². The maximum Gasteiger partial charge on any atom is 0.0885 e. The van der Waals surface area contributed by atoms with Crippen molar-refractivity contribution < 1.29 is 5.11 Å². The second-order valence-corrected chi connectivity index (χ2v) is 1.54. The normalized spacial score (nSPS) is 16.9. The number of hydrogen-bond donors (Lipinski definition) is 1. The molecule has 0 amide bonds. The lowest BCUT2D eigenvalue weighted by atomic mass is 10.3. The molecule has 0 bridgehead atoms. The monoisotopic (exact) mass is 101 g/mol. The molecule has 2 heteroatoms. The van der Waals surface area contributed by atoms with Crippen molar-refractivity contribution in [3.05, 3.63) is 0 Å². The maximum absolute atomic E-state index is 8.69. The molecule has 0 aliphatic heterocycles. The lowest BCUT2D eigenvalue weighted by Gasteiger charge is -1.98. The molecule has 0 rings (SSSR count). The van der Waals surface area contributed by atoms with Crippen LogP contribution in [0.5, 0.6) is 0 Å². The Morgan fingerprint density at radius 2 is 2.14 bits per heavy atom. The molecular formula is C5H11NO. The zero-order valence-corrected chi connectivity index (χ0v) is 4.97. The predicted molar refractivity (Wildman–Crippen MR) is 30.7 cm³/mol. The molecule has 1 atom stereocenters. The molecule has 2 nitrogen and oxygen atoms in total. The topological polar surface area (TPSA) is 32.6 Å². The van der Waals surface area contributed by atoms with Crippen molar-refractivity contribution >= 4 is 5.71 Å². The molecular weight excluding hydrogens is 90.1 g/mol. The summed E-state index contributed by atoms with van der Waals surface area (Å²) in [7, 11) is 1.67. The molecule has 0 aliphatic rings. The number of rotatable bonds is 1. The Morgan fingerprint density at radius 1 is 1.71 bits per heavy atom. The van der Waals surface area contributed by atoms with Crippen molar-refractivity contribution in [1.29, 1.82) is 0 Å². The minimum Gasteiger partial charge on any atom is -0.387 e. The molecule has 0 spiro atoms. The first-order valence-electron chi connectivity index (χ1n) is 2.30. The molecule has 7 heavy (non-hydrogen) atoms. The van der Waals surface area contributed by atoms with Gasteiger partial charge in [-0.05, 0) is 13.8 Å². The van der Waals surface area contributed by atoms with Crippen LogP contribution in [0.4, 0.5) is 0 Å². The largest absolute Gasteiger partial charge is 0.387 e. The van der Waals surface area contributed by atoms with Crippen LogP contribution >= 0.6 is 0 Å². The Labute approximate surface area is 43.9 Å². The number of aliphatic hydroxyl groups is 1. The van der Waals surface area contributed by atoms with Gasteiger partial charge >= 0.3 is 0 Å². The van der Waals surface area contributed by atoms with Gasteiger partial charge in [0, 0.05) is 12.8 Å². The molecule has 0 radical (unpaired) electrons. The first-order valence-corrected chi connectivity index (χ1v) is 2.30.